The van der Waals surface area contributed by atoms with Crippen LogP contribution in [0.2, 0.25) is 0 Å². The monoisotopic (exact) mass is 369 g/mol. The number of oxime groups is 1. The molecule has 0 saturated heterocycles. The second-order valence-electron chi connectivity index (χ2n) is 5.65. The van der Waals surface area contributed by atoms with Gasteiger partial charge in [0.15, 0.2) is 9.84 Å². The highest BCUT2D eigenvalue weighted by Gasteiger charge is 2.45. The first kappa shape index (κ1) is 17.5. The zero-order chi connectivity index (χ0) is 18.1. The van der Waals surface area contributed by atoms with Crippen LogP contribution in [0.5, 0.6) is 0 Å². The molecule has 0 N–H and O–H groups in total. The van der Waals surface area contributed by atoms with E-state index in [0.717, 1.165) is 0 Å². The second-order valence-corrected chi connectivity index (χ2v) is 7.64. The highest BCUT2D eigenvalue weighted by atomic mass is 32.2. The van der Waals surface area contributed by atoms with Gasteiger partial charge in [0.1, 0.15) is 0 Å². The standard InChI is InChI=1S/C17H14F3NO3S/c18-17(19,20)16-10-15(21-24-16)13-8-6-12(7-9-13)11-25(22,23)14-4-2-1-3-5-14/h1-9,16H,10-11H2. The van der Waals surface area contributed by atoms with Gasteiger partial charge >= 0.3 is 6.18 Å². The molecule has 0 radical (unpaired) electrons. The summed E-state index contributed by atoms with van der Waals surface area (Å²) < 4.78 is 62.4. The molecule has 1 aliphatic rings. The number of halogens is 3. The molecule has 2 aromatic carbocycles. The van der Waals surface area contributed by atoms with Gasteiger partial charge < -0.3 is 4.84 Å². The zero-order valence-corrected chi connectivity index (χ0v) is 13.7. The van der Waals surface area contributed by atoms with Crippen LogP contribution in [0.4, 0.5) is 13.2 Å². The minimum Gasteiger partial charge on any atom is -0.382 e. The van der Waals surface area contributed by atoms with Crippen LogP contribution >= 0.6 is 0 Å². The average Bonchev–Trinajstić information content (AvgIpc) is 3.06. The van der Waals surface area contributed by atoms with Gasteiger partial charge in [0.05, 0.1) is 16.4 Å². The summed E-state index contributed by atoms with van der Waals surface area (Å²) in [6, 6.07) is 14.3. The summed E-state index contributed by atoms with van der Waals surface area (Å²) in [6.45, 7) is 0. The summed E-state index contributed by atoms with van der Waals surface area (Å²) in [6.07, 6.45) is -6.75. The third-order valence-corrected chi connectivity index (χ3v) is 5.48. The van der Waals surface area contributed by atoms with Gasteiger partial charge in [0.2, 0.25) is 6.10 Å². The summed E-state index contributed by atoms with van der Waals surface area (Å²) in [5.74, 6) is -0.189. The summed E-state index contributed by atoms with van der Waals surface area (Å²) >= 11 is 0. The summed E-state index contributed by atoms with van der Waals surface area (Å²) in [5.41, 5.74) is 1.21. The van der Waals surface area contributed by atoms with Crippen molar-refractivity contribution in [2.45, 2.75) is 29.3 Å². The van der Waals surface area contributed by atoms with Crippen molar-refractivity contribution < 1.29 is 26.4 Å². The lowest BCUT2D eigenvalue weighted by Crippen LogP contribution is -2.28. The number of benzene rings is 2. The van der Waals surface area contributed by atoms with Crippen molar-refractivity contribution in [3.8, 4) is 0 Å². The minimum absolute atomic E-state index is 0.189. The molecule has 0 saturated carbocycles. The molecule has 0 amide bonds. The van der Waals surface area contributed by atoms with E-state index in [-0.39, 0.29) is 22.8 Å². The van der Waals surface area contributed by atoms with Crippen molar-refractivity contribution >= 4 is 15.5 Å². The van der Waals surface area contributed by atoms with Crippen molar-refractivity contribution in [1.29, 1.82) is 0 Å². The van der Waals surface area contributed by atoms with Crippen molar-refractivity contribution in [2.75, 3.05) is 0 Å². The van der Waals surface area contributed by atoms with E-state index >= 15 is 0 Å². The highest BCUT2D eigenvalue weighted by molar-refractivity contribution is 7.90. The number of hydrogen-bond acceptors (Lipinski definition) is 4. The molecule has 8 heteroatoms. The van der Waals surface area contributed by atoms with Crippen LogP contribution in [0.15, 0.2) is 64.6 Å². The van der Waals surface area contributed by atoms with Crippen LogP contribution < -0.4 is 0 Å². The van der Waals surface area contributed by atoms with E-state index in [9.17, 15) is 21.6 Å². The maximum Gasteiger partial charge on any atom is 0.428 e. The average molecular weight is 369 g/mol. The Kier molecular flexibility index (Phi) is 4.55. The molecule has 1 aliphatic heterocycles. The topological polar surface area (TPSA) is 55.7 Å². The lowest BCUT2D eigenvalue weighted by Gasteiger charge is -2.11. The summed E-state index contributed by atoms with van der Waals surface area (Å²) in [5, 5.41) is 3.48. The molecule has 25 heavy (non-hydrogen) atoms. The van der Waals surface area contributed by atoms with E-state index < -0.39 is 22.1 Å². The molecule has 1 heterocycles. The Hall–Kier alpha value is -2.35. The van der Waals surface area contributed by atoms with Gasteiger partial charge in [-0.15, -0.1) is 0 Å². The lowest BCUT2D eigenvalue weighted by atomic mass is 10.0. The van der Waals surface area contributed by atoms with E-state index in [1.807, 2.05) is 0 Å². The predicted molar refractivity (Wildman–Crippen MR) is 85.9 cm³/mol. The van der Waals surface area contributed by atoms with Gasteiger partial charge in [-0.3, -0.25) is 0 Å². The van der Waals surface area contributed by atoms with Crippen molar-refractivity contribution in [3.63, 3.8) is 0 Å². The highest BCUT2D eigenvalue weighted by Crippen LogP contribution is 2.30. The normalized spacial score (nSPS) is 17.9. The third-order valence-electron chi connectivity index (χ3n) is 3.78. The Morgan fingerprint density at radius 2 is 1.68 bits per heavy atom. The molecule has 0 fully saturated rings. The maximum absolute atomic E-state index is 12.6. The van der Waals surface area contributed by atoms with E-state index in [1.54, 1.807) is 42.5 Å². The van der Waals surface area contributed by atoms with Crippen LogP contribution in [0, 0.1) is 0 Å². The van der Waals surface area contributed by atoms with Gasteiger partial charge in [0, 0.05) is 6.42 Å². The molecule has 3 rings (SSSR count). The fourth-order valence-electron chi connectivity index (χ4n) is 2.45. The maximum atomic E-state index is 12.6. The summed E-state index contributed by atoms with van der Waals surface area (Å²) in [7, 11) is -3.48. The first-order valence-electron chi connectivity index (χ1n) is 7.42. The molecular formula is C17H14F3NO3S. The number of sulfone groups is 1. The van der Waals surface area contributed by atoms with E-state index in [0.29, 0.717) is 11.1 Å². The zero-order valence-electron chi connectivity index (χ0n) is 12.9. The van der Waals surface area contributed by atoms with Crippen LogP contribution in [0.1, 0.15) is 17.5 Å². The number of rotatable bonds is 4. The van der Waals surface area contributed by atoms with Gasteiger partial charge in [-0.2, -0.15) is 13.2 Å². The largest absolute Gasteiger partial charge is 0.428 e. The van der Waals surface area contributed by atoms with Crippen molar-refractivity contribution in [1.82, 2.24) is 0 Å². The third kappa shape index (κ3) is 4.01. The molecule has 1 unspecified atom stereocenters. The molecule has 1 atom stereocenters. The van der Waals surface area contributed by atoms with Crippen molar-refractivity contribution in [3.05, 3.63) is 65.7 Å². The molecule has 2 aromatic rings. The van der Waals surface area contributed by atoms with Gasteiger partial charge in [-0.05, 0) is 23.3 Å². The van der Waals surface area contributed by atoms with Gasteiger partial charge in [-0.1, -0.05) is 47.6 Å². The molecule has 132 valence electrons. The van der Waals surface area contributed by atoms with Crippen LogP contribution in [-0.4, -0.2) is 26.4 Å². The molecule has 4 nitrogen and oxygen atoms in total. The Balaban J connectivity index is 1.72. The molecule has 0 aliphatic carbocycles. The second kappa shape index (κ2) is 6.51. The van der Waals surface area contributed by atoms with E-state index in [1.165, 1.54) is 12.1 Å². The quantitative estimate of drug-likeness (QED) is 0.825. The first-order valence-corrected chi connectivity index (χ1v) is 9.07. The van der Waals surface area contributed by atoms with Gasteiger partial charge in [0.25, 0.3) is 0 Å². The SMILES string of the molecule is O=S(=O)(Cc1ccc(C2=NOC(C(F)(F)F)C2)cc1)c1ccccc1. The molecular weight excluding hydrogens is 355 g/mol. The van der Waals surface area contributed by atoms with E-state index in [2.05, 4.69) is 9.99 Å². The Bertz CT molecular complexity index is 876. The van der Waals surface area contributed by atoms with Crippen LogP contribution in [0.3, 0.4) is 0 Å². The van der Waals surface area contributed by atoms with Crippen LogP contribution in [-0.2, 0) is 20.4 Å². The molecule has 0 spiro atoms. The number of alkyl halides is 3. The smallest absolute Gasteiger partial charge is 0.382 e. The Morgan fingerprint density at radius 1 is 1.04 bits per heavy atom. The fourth-order valence-corrected chi connectivity index (χ4v) is 3.82. The fraction of sp³-hybridized carbons (Fsp3) is 0.235. The molecule has 0 bridgehead atoms. The number of nitrogens with zero attached hydrogens (tertiary/aromatic N) is 1. The van der Waals surface area contributed by atoms with Crippen molar-refractivity contribution in [2.24, 2.45) is 5.16 Å². The Morgan fingerprint density at radius 3 is 2.24 bits per heavy atom. The van der Waals surface area contributed by atoms with E-state index in [4.69, 9.17) is 0 Å². The molecule has 0 aromatic heterocycles. The van der Waals surface area contributed by atoms with Gasteiger partial charge in [-0.25, -0.2) is 8.42 Å². The van der Waals surface area contributed by atoms with Crippen LogP contribution in [0.25, 0.3) is 0 Å². The Labute approximate surface area is 142 Å². The first-order chi connectivity index (χ1) is 11.8. The predicted octanol–water partition coefficient (Wildman–Crippen LogP) is 3.72. The summed E-state index contributed by atoms with van der Waals surface area (Å²) in [4.78, 5) is 4.64. The minimum atomic E-state index is -4.46. The lowest BCUT2D eigenvalue weighted by molar-refractivity contribution is -0.212. The number of hydrogen-bond donors (Lipinski definition) is 0.